The molecule has 36 heavy (non-hydrogen) atoms. The van der Waals surface area contributed by atoms with Gasteiger partial charge in [0.05, 0.1) is 35.1 Å². The molecule has 2 aliphatic heterocycles. The number of anilines is 3. The van der Waals surface area contributed by atoms with E-state index in [4.69, 9.17) is 9.47 Å². The van der Waals surface area contributed by atoms with Gasteiger partial charge in [-0.1, -0.05) is 18.2 Å². The van der Waals surface area contributed by atoms with Crippen molar-refractivity contribution in [2.45, 2.75) is 25.8 Å². The molecule has 8 nitrogen and oxygen atoms in total. The largest absolute Gasteiger partial charge is 0.457 e. The molecule has 4 heterocycles. The Labute approximate surface area is 211 Å². The Kier molecular flexibility index (Phi) is 5.79. The average Bonchev–Trinajstić information content (AvgIpc) is 3.26. The summed E-state index contributed by atoms with van der Waals surface area (Å²) in [5.41, 5.74) is 2.80. The van der Waals surface area contributed by atoms with Gasteiger partial charge in [-0.25, -0.2) is 9.78 Å². The smallest absolute Gasteiger partial charge is 0.331 e. The number of amides is 3. The summed E-state index contributed by atoms with van der Waals surface area (Å²) in [4.78, 5) is 33.8. The molecule has 1 saturated heterocycles. The Morgan fingerprint density at radius 1 is 1.17 bits per heavy atom. The van der Waals surface area contributed by atoms with Crippen molar-refractivity contribution >= 4 is 50.6 Å². The highest BCUT2D eigenvalue weighted by Gasteiger charge is 2.33. The van der Waals surface area contributed by atoms with Crippen molar-refractivity contribution in [3.8, 4) is 11.5 Å². The van der Waals surface area contributed by atoms with Crippen LogP contribution in [0.2, 0.25) is 0 Å². The fourth-order valence-electron chi connectivity index (χ4n) is 4.66. The first-order chi connectivity index (χ1) is 17.6. The fraction of sp³-hybridized carbons (Fsp3) is 0.222. The van der Waals surface area contributed by atoms with Crippen LogP contribution in [-0.2, 0) is 4.74 Å². The van der Waals surface area contributed by atoms with E-state index in [9.17, 15) is 9.59 Å². The van der Waals surface area contributed by atoms with Crippen LogP contribution in [0.1, 0.15) is 28.1 Å². The molecule has 2 N–H and O–H groups in total. The molecule has 0 saturated carbocycles. The third kappa shape index (κ3) is 4.06. The highest BCUT2D eigenvalue weighted by Crippen LogP contribution is 2.46. The molecular formula is C27H24N4O4S. The predicted octanol–water partition coefficient (Wildman–Crippen LogP) is 5.99. The Hall–Kier alpha value is -3.95. The first-order valence-corrected chi connectivity index (χ1v) is 12.6. The van der Waals surface area contributed by atoms with E-state index in [1.807, 2.05) is 61.5 Å². The van der Waals surface area contributed by atoms with Crippen LogP contribution in [0.4, 0.5) is 21.9 Å². The van der Waals surface area contributed by atoms with Gasteiger partial charge in [0.15, 0.2) is 0 Å². The number of nitrogens with one attached hydrogen (secondary N) is 2. The van der Waals surface area contributed by atoms with Crippen LogP contribution in [-0.4, -0.2) is 36.2 Å². The third-order valence-corrected chi connectivity index (χ3v) is 7.43. The van der Waals surface area contributed by atoms with Crippen LogP contribution in [0.15, 0.2) is 60.8 Å². The molecule has 0 bridgehead atoms. The van der Waals surface area contributed by atoms with Crippen LogP contribution in [0.5, 0.6) is 11.5 Å². The molecule has 6 rings (SSSR count). The van der Waals surface area contributed by atoms with Gasteiger partial charge in [-0.05, 0) is 61.7 Å². The summed E-state index contributed by atoms with van der Waals surface area (Å²) in [7, 11) is 0. The van der Waals surface area contributed by atoms with Crippen molar-refractivity contribution in [2.24, 2.45) is 0 Å². The Bertz CT molecular complexity index is 1460. The van der Waals surface area contributed by atoms with Gasteiger partial charge in [0.1, 0.15) is 21.2 Å². The zero-order valence-electron chi connectivity index (χ0n) is 19.6. The number of nitrogens with zero attached hydrogens (tertiary/aromatic N) is 2. The van der Waals surface area contributed by atoms with Gasteiger partial charge in [0, 0.05) is 12.8 Å². The van der Waals surface area contributed by atoms with E-state index in [1.165, 1.54) is 11.3 Å². The molecule has 2 aromatic heterocycles. The number of para-hydroxylation sites is 1. The summed E-state index contributed by atoms with van der Waals surface area (Å²) >= 11 is 1.28. The SMILES string of the molecule is Cc1cc(Oc2ccccc2)ccc1N1C(=O)Nc2c(C(=O)N[C@@H]3CCCOC3)sc3nccc1c23. The maximum absolute atomic E-state index is 13.4. The molecule has 0 radical (unpaired) electrons. The monoisotopic (exact) mass is 500 g/mol. The maximum Gasteiger partial charge on any atom is 0.331 e. The average molecular weight is 501 g/mol. The predicted molar refractivity (Wildman–Crippen MR) is 140 cm³/mol. The van der Waals surface area contributed by atoms with Crippen molar-refractivity contribution in [3.63, 3.8) is 0 Å². The quantitative estimate of drug-likeness (QED) is 0.351. The number of thiophene rings is 1. The molecule has 9 heteroatoms. The second kappa shape index (κ2) is 9.25. The molecule has 182 valence electrons. The molecule has 1 atom stereocenters. The fourth-order valence-corrected chi connectivity index (χ4v) is 5.68. The van der Waals surface area contributed by atoms with Crippen LogP contribution < -0.4 is 20.3 Å². The van der Waals surface area contributed by atoms with Crippen LogP contribution in [0, 0.1) is 6.92 Å². The third-order valence-electron chi connectivity index (χ3n) is 6.34. The minimum Gasteiger partial charge on any atom is -0.457 e. The minimum absolute atomic E-state index is 0.0360. The zero-order valence-corrected chi connectivity index (χ0v) is 20.4. The number of ether oxygens (including phenoxy) is 2. The Balaban J connectivity index is 1.34. The van der Waals surface area contributed by atoms with Gasteiger partial charge in [0.2, 0.25) is 0 Å². The summed E-state index contributed by atoms with van der Waals surface area (Å²) in [6.45, 7) is 3.16. The lowest BCUT2D eigenvalue weighted by Crippen LogP contribution is -2.41. The number of benzene rings is 2. The summed E-state index contributed by atoms with van der Waals surface area (Å²) in [5.74, 6) is 1.20. The first-order valence-electron chi connectivity index (χ1n) is 11.8. The lowest BCUT2D eigenvalue weighted by molar-refractivity contribution is 0.0626. The number of pyridine rings is 1. The molecular weight excluding hydrogens is 476 g/mol. The molecule has 1 fully saturated rings. The van der Waals surface area contributed by atoms with Gasteiger partial charge in [0.25, 0.3) is 5.91 Å². The van der Waals surface area contributed by atoms with Crippen LogP contribution >= 0.6 is 11.3 Å². The normalized spacial score (nSPS) is 17.1. The summed E-state index contributed by atoms with van der Waals surface area (Å²) in [6.07, 6.45) is 3.46. The van der Waals surface area contributed by atoms with Crippen molar-refractivity contribution in [1.82, 2.24) is 10.3 Å². The first kappa shape index (κ1) is 22.5. The molecule has 0 unspecified atom stereocenters. The van der Waals surface area contributed by atoms with E-state index < -0.39 is 0 Å². The van der Waals surface area contributed by atoms with Gasteiger partial charge in [-0.2, -0.15) is 0 Å². The van der Waals surface area contributed by atoms with E-state index in [0.29, 0.717) is 33.4 Å². The molecule has 0 spiro atoms. The molecule has 2 aliphatic rings. The van der Waals surface area contributed by atoms with Crippen LogP contribution in [0.3, 0.4) is 0 Å². The second-order valence-electron chi connectivity index (χ2n) is 8.83. The summed E-state index contributed by atoms with van der Waals surface area (Å²) < 4.78 is 11.4. The van der Waals surface area contributed by atoms with E-state index in [1.54, 1.807) is 11.1 Å². The second-order valence-corrected chi connectivity index (χ2v) is 9.83. The van der Waals surface area contributed by atoms with Gasteiger partial charge in [-0.15, -0.1) is 11.3 Å². The summed E-state index contributed by atoms with van der Waals surface area (Å²) in [6, 6.07) is 16.6. The van der Waals surface area contributed by atoms with Gasteiger partial charge >= 0.3 is 6.03 Å². The van der Waals surface area contributed by atoms with E-state index in [-0.39, 0.29) is 18.0 Å². The number of rotatable bonds is 5. The summed E-state index contributed by atoms with van der Waals surface area (Å²) in [5, 5.41) is 6.76. The topological polar surface area (TPSA) is 92.8 Å². The van der Waals surface area contributed by atoms with Crippen molar-refractivity contribution in [2.75, 3.05) is 23.4 Å². The van der Waals surface area contributed by atoms with E-state index in [2.05, 4.69) is 15.6 Å². The van der Waals surface area contributed by atoms with Gasteiger partial charge < -0.3 is 20.1 Å². The van der Waals surface area contributed by atoms with Crippen LogP contribution in [0.25, 0.3) is 10.2 Å². The molecule has 4 aromatic rings. The zero-order chi connectivity index (χ0) is 24.6. The number of hydrogen-bond donors (Lipinski definition) is 2. The van der Waals surface area contributed by atoms with Crippen molar-refractivity contribution in [3.05, 3.63) is 71.2 Å². The number of carbonyl (C=O) groups excluding carboxylic acids is 2. The highest BCUT2D eigenvalue weighted by atomic mass is 32.1. The van der Waals surface area contributed by atoms with E-state index >= 15 is 0 Å². The lowest BCUT2D eigenvalue weighted by atomic mass is 10.1. The van der Waals surface area contributed by atoms with Gasteiger partial charge in [-0.3, -0.25) is 9.69 Å². The van der Waals surface area contributed by atoms with E-state index in [0.717, 1.165) is 41.8 Å². The number of aryl methyl sites for hydroxylation is 1. The molecule has 2 aromatic carbocycles. The standard InChI is InChI=1S/C27H24N4O4S/c1-16-14-19(35-18-7-3-2-4-8-18)9-10-20(16)31-21-11-12-28-26-22(21)23(30-27(31)33)24(36-26)25(32)29-17-6-5-13-34-15-17/h2-4,7-12,14,17H,5-6,13,15H2,1H3,(H,29,32)(H,30,33)/t17-/m1/s1. The van der Waals surface area contributed by atoms with Crippen molar-refractivity contribution in [1.29, 1.82) is 0 Å². The Morgan fingerprint density at radius 3 is 2.81 bits per heavy atom. The Morgan fingerprint density at radius 2 is 2.03 bits per heavy atom. The number of hydrogen-bond acceptors (Lipinski definition) is 6. The maximum atomic E-state index is 13.4. The number of urea groups is 1. The van der Waals surface area contributed by atoms with Crippen molar-refractivity contribution < 1.29 is 19.1 Å². The minimum atomic E-state index is -0.330. The lowest BCUT2D eigenvalue weighted by Gasteiger charge is -2.29. The number of aromatic nitrogens is 1. The molecule has 0 aliphatic carbocycles. The molecule has 3 amide bonds. The highest BCUT2D eigenvalue weighted by molar-refractivity contribution is 7.21. The number of carbonyl (C=O) groups is 2.